The van der Waals surface area contributed by atoms with Crippen LogP contribution in [0.15, 0.2) is 24.3 Å². The van der Waals surface area contributed by atoms with Crippen LogP contribution in [-0.4, -0.2) is 37.2 Å². The minimum atomic E-state index is 0.418. The Bertz CT molecular complexity index is 386. The summed E-state index contributed by atoms with van der Waals surface area (Å²) < 4.78 is 5.81. The van der Waals surface area contributed by atoms with E-state index in [-0.39, 0.29) is 0 Å². The second kappa shape index (κ2) is 7.65. The first-order valence-electron chi connectivity index (χ1n) is 7.13. The van der Waals surface area contributed by atoms with Gasteiger partial charge in [-0.05, 0) is 36.5 Å². The normalized spacial score (nSPS) is 16.4. The lowest BCUT2D eigenvalue weighted by atomic mass is 10.1. The summed E-state index contributed by atoms with van der Waals surface area (Å²) in [5, 5.41) is 0. The van der Waals surface area contributed by atoms with Gasteiger partial charge < -0.3 is 15.4 Å². The zero-order chi connectivity index (χ0) is 13.5. The van der Waals surface area contributed by atoms with Crippen LogP contribution in [0.5, 0.6) is 5.75 Å². The third-order valence-corrected chi connectivity index (χ3v) is 4.42. The van der Waals surface area contributed by atoms with Crippen molar-refractivity contribution < 1.29 is 4.74 Å². The van der Waals surface area contributed by atoms with Gasteiger partial charge >= 0.3 is 0 Å². The number of anilines is 1. The van der Waals surface area contributed by atoms with Crippen LogP contribution in [0.1, 0.15) is 19.8 Å². The second-order valence-corrected chi connectivity index (χ2v) is 6.13. The fraction of sp³-hybridized carbons (Fsp3) is 0.600. The number of rotatable bonds is 6. The third kappa shape index (κ3) is 3.80. The highest BCUT2D eigenvalue weighted by atomic mass is 32.2. The molecule has 1 aromatic rings. The highest BCUT2D eigenvalue weighted by Gasteiger charge is 2.22. The molecule has 0 spiro atoms. The molecule has 106 valence electrons. The minimum Gasteiger partial charge on any atom is -0.491 e. The topological polar surface area (TPSA) is 38.5 Å². The Morgan fingerprint density at radius 2 is 2.26 bits per heavy atom. The van der Waals surface area contributed by atoms with Crippen molar-refractivity contribution >= 4 is 17.4 Å². The maximum absolute atomic E-state index is 6.00. The summed E-state index contributed by atoms with van der Waals surface area (Å²) in [5.74, 6) is 3.36. The van der Waals surface area contributed by atoms with E-state index in [1.807, 2.05) is 17.8 Å². The number of nitrogens with two attached hydrogens (primary N) is 1. The van der Waals surface area contributed by atoms with Crippen molar-refractivity contribution in [3.05, 3.63) is 24.3 Å². The molecular formula is C15H24N2OS. The Morgan fingerprint density at radius 3 is 3.05 bits per heavy atom. The second-order valence-electron chi connectivity index (χ2n) is 4.74. The van der Waals surface area contributed by atoms with E-state index in [4.69, 9.17) is 10.5 Å². The molecule has 2 rings (SSSR count). The van der Waals surface area contributed by atoms with E-state index in [1.54, 1.807) is 0 Å². The summed E-state index contributed by atoms with van der Waals surface area (Å²) in [7, 11) is 0. The number of para-hydroxylation sites is 2. The Labute approximate surface area is 120 Å². The third-order valence-electron chi connectivity index (χ3n) is 3.49. The smallest absolute Gasteiger partial charge is 0.142 e. The predicted molar refractivity (Wildman–Crippen MR) is 84.4 cm³/mol. The molecule has 0 bridgehead atoms. The molecule has 1 heterocycles. The van der Waals surface area contributed by atoms with E-state index in [2.05, 4.69) is 30.0 Å². The molecule has 1 aliphatic heterocycles. The minimum absolute atomic E-state index is 0.418. The Balaban J connectivity index is 2.12. The molecule has 3 nitrogen and oxygen atoms in total. The summed E-state index contributed by atoms with van der Waals surface area (Å²) in [6.07, 6.45) is 2.20. The summed E-state index contributed by atoms with van der Waals surface area (Å²) in [5.41, 5.74) is 7.21. The summed E-state index contributed by atoms with van der Waals surface area (Å²) in [6, 6.07) is 8.74. The van der Waals surface area contributed by atoms with Gasteiger partial charge in [0, 0.05) is 19.1 Å². The van der Waals surface area contributed by atoms with Crippen molar-refractivity contribution in [2.75, 3.05) is 36.1 Å². The fourth-order valence-corrected chi connectivity index (χ4v) is 3.23. The first-order valence-corrected chi connectivity index (χ1v) is 8.28. The van der Waals surface area contributed by atoms with Crippen LogP contribution in [0.3, 0.4) is 0 Å². The fourth-order valence-electron chi connectivity index (χ4n) is 2.50. The van der Waals surface area contributed by atoms with Crippen molar-refractivity contribution in [1.82, 2.24) is 0 Å². The molecule has 1 unspecified atom stereocenters. The lowest BCUT2D eigenvalue weighted by Gasteiger charge is -2.32. The van der Waals surface area contributed by atoms with Crippen LogP contribution in [-0.2, 0) is 0 Å². The average Bonchev–Trinajstić information content (AvgIpc) is 2.66. The lowest BCUT2D eigenvalue weighted by molar-refractivity contribution is 0.322. The monoisotopic (exact) mass is 280 g/mol. The Morgan fingerprint density at radius 1 is 1.42 bits per heavy atom. The first-order chi connectivity index (χ1) is 9.36. The molecule has 1 aliphatic rings. The van der Waals surface area contributed by atoms with Gasteiger partial charge in [0.25, 0.3) is 0 Å². The number of ether oxygens (including phenoxy) is 1. The zero-order valence-corrected chi connectivity index (χ0v) is 12.5. The van der Waals surface area contributed by atoms with Gasteiger partial charge in [0.1, 0.15) is 5.75 Å². The van der Waals surface area contributed by atoms with Gasteiger partial charge in [-0.1, -0.05) is 19.1 Å². The number of thioether (sulfide) groups is 1. The summed E-state index contributed by atoms with van der Waals surface area (Å²) in [6.45, 7) is 4.75. The Kier molecular flexibility index (Phi) is 5.86. The van der Waals surface area contributed by atoms with E-state index in [1.165, 1.54) is 17.2 Å². The molecule has 0 saturated carbocycles. The number of hydrogen-bond acceptors (Lipinski definition) is 4. The summed E-state index contributed by atoms with van der Waals surface area (Å²) >= 11 is 1.99. The van der Waals surface area contributed by atoms with E-state index >= 15 is 0 Å². The van der Waals surface area contributed by atoms with Crippen molar-refractivity contribution in [1.29, 1.82) is 0 Å². The van der Waals surface area contributed by atoms with Crippen molar-refractivity contribution in [2.24, 2.45) is 5.73 Å². The molecule has 1 atom stereocenters. The van der Waals surface area contributed by atoms with Gasteiger partial charge in [-0.15, -0.1) is 0 Å². The SMILES string of the molecule is CCSCCC(CN)N1CCCOc2ccccc21. The molecule has 0 aromatic heterocycles. The first kappa shape index (κ1) is 14.5. The molecule has 0 fully saturated rings. The maximum Gasteiger partial charge on any atom is 0.142 e. The van der Waals surface area contributed by atoms with Crippen LogP contribution in [0.4, 0.5) is 5.69 Å². The molecule has 0 aliphatic carbocycles. The van der Waals surface area contributed by atoms with E-state index < -0.39 is 0 Å². The van der Waals surface area contributed by atoms with Gasteiger partial charge in [-0.3, -0.25) is 0 Å². The van der Waals surface area contributed by atoms with Crippen molar-refractivity contribution in [2.45, 2.75) is 25.8 Å². The maximum atomic E-state index is 6.00. The zero-order valence-electron chi connectivity index (χ0n) is 11.7. The average molecular weight is 280 g/mol. The molecule has 4 heteroatoms. The quantitative estimate of drug-likeness (QED) is 0.813. The van der Waals surface area contributed by atoms with Gasteiger partial charge in [-0.25, -0.2) is 0 Å². The number of fused-ring (bicyclic) bond motifs is 1. The molecule has 2 N–H and O–H groups in total. The summed E-state index contributed by atoms with van der Waals surface area (Å²) in [4.78, 5) is 2.44. The molecule has 0 amide bonds. The number of benzene rings is 1. The highest BCUT2D eigenvalue weighted by molar-refractivity contribution is 7.99. The van der Waals surface area contributed by atoms with Gasteiger partial charge in [-0.2, -0.15) is 11.8 Å². The van der Waals surface area contributed by atoms with Gasteiger partial charge in [0.15, 0.2) is 0 Å². The molecule has 1 aromatic carbocycles. The number of hydrogen-bond donors (Lipinski definition) is 1. The van der Waals surface area contributed by atoms with E-state index in [9.17, 15) is 0 Å². The standard InChI is InChI=1S/C15H24N2OS/c1-2-19-11-8-13(12-16)17-9-5-10-18-15-7-4-3-6-14(15)17/h3-4,6-7,13H,2,5,8-12,16H2,1H3. The van der Waals surface area contributed by atoms with Crippen molar-refractivity contribution in [3.63, 3.8) is 0 Å². The van der Waals surface area contributed by atoms with Crippen molar-refractivity contribution in [3.8, 4) is 5.75 Å². The molecule has 19 heavy (non-hydrogen) atoms. The van der Waals surface area contributed by atoms with Crippen LogP contribution in [0.25, 0.3) is 0 Å². The van der Waals surface area contributed by atoms with Gasteiger partial charge in [0.05, 0.1) is 12.3 Å². The van der Waals surface area contributed by atoms with E-state index in [0.717, 1.165) is 31.7 Å². The lowest BCUT2D eigenvalue weighted by Crippen LogP contribution is -2.41. The largest absolute Gasteiger partial charge is 0.491 e. The molecule has 0 saturated heterocycles. The van der Waals surface area contributed by atoms with Crippen LogP contribution in [0, 0.1) is 0 Å². The van der Waals surface area contributed by atoms with Crippen LogP contribution < -0.4 is 15.4 Å². The Hall–Kier alpha value is -0.870. The number of nitrogens with zero attached hydrogens (tertiary/aromatic N) is 1. The molecule has 0 radical (unpaired) electrons. The van der Waals surface area contributed by atoms with Crippen LogP contribution in [0.2, 0.25) is 0 Å². The molecular weight excluding hydrogens is 256 g/mol. The van der Waals surface area contributed by atoms with Gasteiger partial charge in [0.2, 0.25) is 0 Å². The highest BCUT2D eigenvalue weighted by Crippen LogP contribution is 2.32. The van der Waals surface area contributed by atoms with Crippen LogP contribution >= 0.6 is 11.8 Å². The van der Waals surface area contributed by atoms with E-state index in [0.29, 0.717) is 12.6 Å². The predicted octanol–water partition coefficient (Wildman–Crippen LogP) is 2.75.